The third-order valence-corrected chi connectivity index (χ3v) is 4.67. The fraction of sp³-hybridized carbons (Fsp3) is 0.294. The van der Waals surface area contributed by atoms with Crippen molar-refractivity contribution in [3.8, 4) is 0 Å². The molecule has 1 amide bonds. The van der Waals surface area contributed by atoms with Gasteiger partial charge in [0.1, 0.15) is 0 Å². The van der Waals surface area contributed by atoms with Crippen LogP contribution in [0.5, 0.6) is 0 Å². The van der Waals surface area contributed by atoms with Crippen LogP contribution < -0.4 is 10.3 Å². The van der Waals surface area contributed by atoms with Gasteiger partial charge in [-0.1, -0.05) is 12.1 Å². The minimum absolute atomic E-state index is 0.149. The first-order valence-corrected chi connectivity index (χ1v) is 8.92. The molecule has 0 saturated carbocycles. The maximum Gasteiger partial charge on any atom is 0.335 e. The molecule has 1 aliphatic rings. The first-order valence-electron chi connectivity index (χ1n) is 8.04. The topological polar surface area (TPSA) is 104 Å². The molecule has 8 nitrogen and oxygen atoms in total. The zero-order chi connectivity index (χ0) is 18.4. The monoisotopic (exact) mass is 374 g/mol. The molecule has 26 heavy (non-hydrogen) atoms. The third kappa shape index (κ3) is 4.87. The summed E-state index contributed by atoms with van der Waals surface area (Å²) in [5.41, 5.74) is 4.05. The Morgan fingerprint density at radius 3 is 2.73 bits per heavy atom. The van der Waals surface area contributed by atoms with Crippen molar-refractivity contribution in [2.45, 2.75) is 6.42 Å². The van der Waals surface area contributed by atoms with Crippen molar-refractivity contribution in [3.63, 3.8) is 0 Å². The molecule has 0 bridgehead atoms. The van der Waals surface area contributed by atoms with E-state index in [1.807, 2.05) is 5.38 Å². The Bertz CT molecular complexity index is 797. The minimum atomic E-state index is -0.985. The highest BCUT2D eigenvalue weighted by Crippen LogP contribution is 2.21. The normalized spacial score (nSPS) is 14.5. The average Bonchev–Trinajstić information content (AvgIpc) is 3.11. The summed E-state index contributed by atoms with van der Waals surface area (Å²) in [4.78, 5) is 29.4. The molecule has 1 aromatic heterocycles. The van der Waals surface area contributed by atoms with Crippen molar-refractivity contribution >= 4 is 34.6 Å². The van der Waals surface area contributed by atoms with Gasteiger partial charge in [-0.3, -0.25) is 4.79 Å². The van der Waals surface area contributed by atoms with Crippen LogP contribution in [-0.2, 0) is 16.0 Å². The summed E-state index contributed by atoms with van der Waals surface area (Å²) in [5, 5.41) is 15.5. The van der Waals surface area contributed by atoms with Crippen LogP contribution in [0.3, 0.4) is 0 Å². The van der Waals surface area contributed by atoms with Gasteiger partial charge in [0.15, 0.2) is 5.13 Å². The summed E-state index contributed by atoms with van der Waals surface area (Å²) in [6, 6.07) is 6.20. The van der Waals surface area contributed by atoms with E-state index in [4.69, 9.17) is 9.84 Å². The lowest BCUT2D eigenvalue weighted by Gasteiger charge is -2.26. The fourth-order valence-corrected chi connectivity index (χ4v) is 3.25. The number of aromatic carboxylic acids is 1. The van der Waals surface area contributed by atoms with E-state index in [-0.39, 0.29) is 17.9 Å². The molecule has 0 spiro atoms. The summed E-state index contributed by atoms with van der Waals surface area (Å²) >= 11 is 1.52. The highest BCUT2D eigenvalue weighted by atomic mass is 32.1. The molecule has 1 fully saturated rings. The molecule has 2 heterocycles. The summed E-state index contributed by atoms with van der Waals surface area (Å²) in [7, 11) is 0. The van der Waals surface area contributed by atoms with Crippen molar-refractivity contribution in [3.05, 3.63) is 46.5 Å². The third-order valence-electron chi connectivity index (χ3n) is 3.72. The van der Waals surface area contributed by atoms with E-state index in [1.165, 1.54) is 29.7 Å². The van der Waals surface area contributed by atoms with Gasteiger partial charge in [-0.15, -0.1) is 11.3 Å². The van der Waals surface area contributed by atoms with Gasteiger partial charge >= 0.3 is 5.97 Å². The molecular formula is C17H18N4O4S. The number of anilines is 1. The molecule has 0 aliphatic carbocycles. The number of rotatable bonds is 6. The van der Waals surface area contributed by atoms with Crippen molar-refractivity contribution < 1.29 is 19.4 Å². The number of hydrogen-bond donors (Lipinski definition) is 2. The highest BCUT2D eigenvalue weighted by Gasteiger charge is 2.15. The van der Waals surface area contributed by atoms with E-state index in [9.17, 15) is 9.59 Å². The van der Waals surface area contributed by atoms with E-state index >= 15 is 0 Å². The quantitative estimate of drug-likeness (QED) is 0.585. The number of thiazole rings is 1. The maximum absolute atomic E-state index is 12.0. The Kier molecular flexibility index (Phi) is 5.92. The molecule has 0 radical (unpaired) electrons. The van der Waals surface area contributed by atoms with Crippen molar-refractivity contribution in [2.75, 3.05) is 31.2 Å². The van der Waals surface area contributed by atoms with Crippen LogP contribution in [0.25, 0.3) is 0 Å². The fourth-order valence-electron chi connectivity index (χ4n) is 2.37. The number of benzene rings is 1. The molecule has 0 unspecified atom stereocenters. The number of carbonyl (C=O) groups excluding carboxylic acids is 1. The largest absolute Gasteiger partial charge is 0.478 e. The maximum atomic E-state index is 12.0. The summed E-state index contributed by atoms with van der Waals surface area (Å²) in [6.07, 6.45) is 1.61. The molecule has 3 rings (SSSR count). The summed E-state index contributed by atoms with van der Waals surface area (Å²) < 4.78 is 5.32. The lowest BCUT2D eigenvalue weighted by Crippen LogP contribution is -2.36. The van der Waals surface area contributed by atoms with Crippen molar-refractivity contribution in [2.24, 2.45) is 5.10 Å². The van der Waals surface area contributed by atoms with Crippen LogP contribution in [0.2, 0.25) is 0 Å². The van der Waals surface area contributed by atoms with Gasteiger partial charge in [-0.2, -0.15) is 5.10 Å². The second-order valence-corrected chi connectivity index (χ2v) is 6.45. The lowest BCUT2D eigenvalue weighted by molar-refractivity contribution is -0.120. The van der Waals surface area contributed by atoms with Gasteiger partial charge in [-0.05, 0) is 17.7 Å². The minimum Gasteiger partial charge on any atom is -0.478 e. The number of carbonyl (C=O) groups is 2. The summed E-state index contributed by atoms with van der Waals surface area (Å²) in [5.74, 6) is -1.25. The van der Waals surface area contributed by atoms with E-state index in [0.717, 1.165) is 18.2 Å². The first kappa shape index (κ1) is 18.0. The summed E-state index contributed by atoms with van der Waals surface area (Å²) in [6.45, 7) is 3.00. The van der Waals surface area contributed by atoms with Gasteiger partial charge in [0.05, 0.1) is 37.1 Å². The van der Waals surface area contributed by atoms with Gasteiger partial charge < -0.3 is 14.7 Å². The SMILES string of the molecule is O=C(Cc1csc(N2CCOCC2)n1)N/N=C\c1ccc(C(=O)O)cc1. The number of nitrogens with zero attached hydrogens (tertiary/aromatic N) is 3. The number of nitrogens with one attached hydrogen (secondary N) is 1. The number of morpholine rings is 1. The highest BCUT2D eigenvalue weighted by molar-refractivity contribution is 7.13. The van der Waals surface area contributed by atoms with Crippen LogP contribution in [-0.4, -0.2) is 54.5 Å². The number of aromatic nitrogens is 1. The number of amides is 1. The molecule has 2 aromatic rings. The van der Waals surface area contributed by atoms with Gasteiger partial charge in [0.2, 0.25) is 5.91 Å². The Balaban J connectivity index is 1.49. The van der Waals surface area contributed by atoms with Crippen LogP contribution in [0, 0.1) is 0 Å². The molecule has 1 saturated heterocycles. The van der Waals surface area contributed by atoms with E-state index in [1.54, 1.807) is 12.1 Å². The number of carboxylic acid groups (broad SMARTS) is 1. The molecule has 136 valence electrons. The van der Waals surface area contributed by atoms with Gasteiger partial charge in [0.25, 0.3) is 0 Å². The smallest absolute Gasteiger partial charge is 0.335 e. The Morgan fingerprint density at radius 2 is 2.04 bits per heavy atom. The molecule has 0 atom stereocenters. The predicted molar refractivity (Wildman–Crippen MR) is 98.0 cm³/mol. The molecule has 1 aromatic carbocycles. The molecule has 2 N–H and O–H groups in total. The zero-order valence-electron chi connectivity index (χ0n) is 13.9. The Labute approximate surface area is 154 Å². The van der Waals surface area contributed by atoms with Crippen molar-refractivity contribution in [1.29, 1.82) is 0 Å². The Morgan fingerprint density at radius 1 is 1.31 bits per heavy atom. The van der Waals surface area contributed by atoms with Gasteiger partial charge in [0, 0.05) is 18.5 Å². The number of hydrazone groups is 1. The number of hydrogen-bond acceptors (Lipinski definition) is 7. The van der Waals surface area contributed by atoms with Crippen LogP contribution in [0.15, 0.2) is 34.7 Å². The number of carboxylic acids is 1. The second-order valence-electron chi connectivity index (χ2n) is 5.62. The van der Waals surface area contributed by atoms with Crippen LogP contribution in [0.1, 0.15) is 21.6 Å². The van der Waals surface area contributed by atoms with E-state index < -0.39 is 5.97 Å². The lowest BCUT2D eigenvalue weighted by atomic mass is 10.1. The first-order chi connectivity index (χ1) is 12.6. The molecular weight excluding hydrogens is 356 g/mol. The van der Waals surface area contributed by atoms with Crippen LogP contribution >= 0.6 is 11.3 Å². The zero-order valence-corrected chi connectivity index (χ0v) is 14.7. The average molecular weight is 374 g/mol. The van der Waals surface area contributed by atoms with Crippen molar-refractivity contribution in [1.82, 2.24) is 10.4 Å². The second kappa shape index (κ2) is 8.54. The van der Waals surface area contributed by atoms with Crippen LogP contribution in [0.4, 0.5) is 5.13 Å². The van der Waals surface area contributed by atoms with E-state index in [0.29, 0.717) is 24.5 Å². The number of ether oxygens (including phenoxy) is 1. The molecule has 1 aliphatic heterocycles. The standard InChI is InChI=1S/C17H18N4O4S/c22-15(20-18-10-12-1-3-13(4-2-12)16(23)24)9-14-11-26-17(19-14)21-5-7-25-8-6-21/h1-4,10-11H,5-9H2,(H,20,22)(H,23,24)/b18-10-. The Hall–Kier alpha value is -2.78. The predicted octanol–water partition coefficient (Wildman–Crippen LogP) is 1.37. The molecule has 9 heteroatoms. The van der Waals surface area contributed by atoms with Gasteiger partial charge in [-0.25, -0.2) is 15.2 Å². The van der Waals surface area contributed by atoms with E-state index in [2.05, 4.69) is 20.4 Å².